The monoisotopic (exact) mass is 283 g/mol. The van der Waals surface area contributed by atoms with E-state index in [1.165, 1.54) is 37.6 Å². The Labute approximate surface area is 126 Å². The van der Waals surface area contributed by atoms with Crippen molar-refractivity contribution in [2.75, 3.05) is 0 Å². The van der Waals surface area contributed by atoms with Crippen molar-refractivity contribution < 1.29 is 0 Å². The van der Waals surface area contributed by atoms with Crippen molar-refractivity contribution in [3.63, 3.8) is 0 Å². The third kappa shape index (κ3) is 2.38. The van der Waals surface area contributed by atoms with Crippen LogP contribution in [0.15, 0.2) is 24.3 Å². The number of hydrogen-bond donors (Lipinski definition) is 1. The van der Waals surface area contributed by atoms with Crippen LogP contribution in [0.2, 0.25) is 0 Å². The van der Waals surface area contributed by atoms with Crippen LogP contribution in [0.3, 0.4) is 0 Å². The number of nitrogens with two attached hydrogens (primary N) is 1. The van der Waals surface area contributed by atoms with Gasteiger partial charge in [0.2, 0.25) is 0 Å². The van der Waals surface area contributed by atoms with Gasteiger partial charge in [0.05, 0.1) is 11.0 Å². The Bertz CT molecular complexity index is 645. The average molecular weight is 283 g/mol. The molecule has 21 heavy (non-hydrogen) atoms. The summed E-state index contributed by atoms with van der Waals surface area (Å²) in [5.74, 6) is 4.00. The fourth-order valence-electron chi connectivity index (χ4n) is 4.75. The topological polar surface area (TPSA) is 43.8 Å². The van der Waals surface area contributed by atoms with Crippen molar-refractivity contribution in [2.24, 2.45) is 30.5 Å². The molecule has 3 heteroatoms. The van der Waals surface area contributed by atoms with Crippen molar-refractivity contribution in [3.8, 4) is 0 Å². The first-order valence-corrected chi connectivity index (χ1v) is 8.36. The Morgan fingerprint density at radius 2 is 2.14 bits per heavy atom. The van der Waals surface area contributed by atoms with E-state index in [1.807, 2.05) is 6.07 Å². The Kier molecular flexibility index (Phi) is 3.26. The van der Waals surface area contributed by atoms with E-state index in [1.54, 1.807) is 0 Å². The van der Waals surface area contributed by atoms with Gasteiger partial charge in [0.1, 0.15) is 5.82 Å². The first kappa shape index (κ1) is 13.3. The van der Waals surface area contributed by atoms with Crippen LogP contribution in [0.1, 0.15) is 37.9 Å². The van der Waals surface area contributed by atoms with E-state index in [9.17, 15) is 0 Å². The Morgan fingerprint density at radius 3 is 2.86 bits per heavy atom. The van der Waals surface area contributed by atoms with Gasteiger partial charge in [-0.25, -0.2) is 4.98 Å². The van der Waals surface area contributed by atoms with E-state index in [4.69, 9.17) is 10.7 Å². The molecule has 2 N–H and O–H groups in total. The maximum Gasteiger partial charge on any atom is 0.111 e. The zero-order chi connectivity index (χ0) is 14.4. The number of fused-ring (bicyclic) bond motifs is 3. The number of aromatic nitrogens is 2. The molecule has 4 rings (SSSR count). The van der Waals surface area contributed by atoms with Crippen LogP contribution in [0.25, 0.3) is 11.0 Å². The van der Waals surface area contributed by atoms with Gasteiger partial charge in [-0.1, -0.05) is 18.6 Å². The summed E-state index contributed by atoms with van der Waals surface area (Å²) in [5, 5.41) is 0. The van der Waals surface area contributed by atoms with E-state index in [0.29, 0.717) is 0 Å². The van der Waals surface area contributed by atoms with Gasteiger partial charge >= 0.3 is 0 Å². The summed E-state index contributed by atoms with van der Waals surface area (Å²) >= 11 is 0. The zero-order valence-electron chi connectivity index (χ0n) is 12.8. The zero-order valence-corrected chi connectivity index (χ0v) is 12.8. The van der Waals surface area contributed by atoms with E-state index in [-0.39, 0.29) is 6.04 Å². The van der Waals surface area contributed by atoms with Gasteiger partial charge in [-0.2, -0.15) is 0 Å². The van der Waals surface area contributed by atoms with E-state index in [2.05, 4.69) is 29.8 Å². The molecular formula is C18H25N3. The van der Waals surface area contributed by atoms with Gasteiger partial charge in [-0.15, -0.1) is 0 Å². The van der Waals surface area contributed by atoms with Crippen molar-refractivity contribution in [2.45, 2.75) is 44.6 Å². The fraction of sp³-hybridized carbons (Fsp3) is 0.611. The minimum atomic E-state index is 0.255. The Hall–Kier alpha value is -1.35. The number of aryl methyl sites for hydroxylation is 1. The number of rotatable bonds is 4. The highest BCUT2D eigenvalue weighted by molar-refractivity contribution is 5.75. The third-order valence-electron chi connectivity index (χ3n) is 5.81. The lowest BCUT2D eigenvalue weighted by Crippen LogP contribution is -2.29. The molecule has 2 aliphatic carbocycles. The van der Waals surface area contributed by atoms with Crippen LogP contribution in [-0.4, -0.2) is 15.6 Å². The van der Waals surface area contributed by atoms with Crippen LogP contribution >= 0.6 is 0 Å². The summed E-state index contributed by atoms with van der Waals surface area (Å²) in [4.78, 5) is 4.76. The molecule has 0 radical (unpaired) electrons. The molecule has 2 fully saturated rings. The van der Waals surface area contributed by atoms with E-state index < -0.39 is 0 Å². The summed E-state index contributed by atoms with van der Waals surface area (Å²) < 4.78 is 2.20. The molecule has 112 valence electrons. The quantitative estimate of drug-likeness (QED) is 0.936. The van der Waals surface area contributed by atoms with E-state index >= 15 is 0 Å². The largest absolute Gasteiger partial charge is 0.331 e. The molecule has 1 heterocycles. The highest BCUT2D eigenvalue weighted by Gasteiger charge is 2.39. The van der Waals surface area contributed by atoms with E-state index in [0.717, 1.165) is 35.5 Å². The van der Waals surface area contributed by atoms with Crippen molar-refractivity contribution in [3.05, 3.63) is 30.1 Å². The van der Waals surface area contributed by atoms with Crippen LogP contribution < -0.4 is 5.73 Å². The number of nitrogens with zero attached hydrogens (tertiary/aromatic N) is 2. The van der Waals surface area contributed by atoms with Gasteiger partial charge < -0.3 is 10.3 Å². The van der Waals surface area contributed by atoms with Gasteiger partial charge in [0.15, 0.2) is 0 Å². The Balaban J connectivity index is 1.45. The smallest absolute Gasteiger partial charge is 0.111 e. The maximum absolute atomic E-state index is 6.45. The molecule has 1 aromatic carbocycles. The van der Waals surface area contributed by atoms with Gasteiger partial charge in [-0.3, -0.25) is 0 Å². The normalized spacial score (nSPS) is 29.3. The second-order valence-corrected chi connectivity index (χ2v) is 7.21. The second-order valence-electron chi connectivity index (χ2n) is 7.21. The van der Waals surface area contributed by atoms with Gasteiger partial charge in [0.25, 0.3) is 0 Å². The molecular weight excluding hydrogens is 258 g/mol. The minimum Gasteiger partial charge on any atom is -0.331 e. The molecule has 4 atom stereocenters. The highest BCUT2D eigenvalue weighted by Crippen LogP contribution is 2.49. The van der Waals surface area contributed by atoms with Crippen molar-refractivity contribution in [1.29, 1.82) is 0 Å². The molecule has 0 amide bonds. The molecule has 1 aromatic heterocycles. The van der Waals surface area contributed by atoms with Gasteiger partial charge in [0, 0.05) is 19.5 Å². The van der Waals surface area contributed by atoms with Crippen LogP contribution in [0.4, 0.5) is 0 Å². The number of para-hydroxylation sites is 2. The molecule has 2 saturated carbocycles. The lowest BCUT2D eigenvalue weighted by atomic mass is 9.84. The average Bonchev–Trinajstić information content (AvgIpc) is 3.15. The van der Waals surface area contributed by atoms with Crippen molar-refractivity contribution in [1.82, 2.24) is 9.55 Å². The number of hydrogen-bond acceptors (Lipinski definition) is 2. The SMILES string of the molecule is Cn1c(CC(N)CC2CC3CCC2C3)nc2ccccc21. The number of imidazole rings is 1. The van der Waals surface area contributed by atoms with Crippen LogP contribution in [-0.2, 0) is 13.5 Å². The molecule has 2 bridgehead atoms. The standard InChI is InChI=1S/C18H25N3/c1-21-17-5-3-2-4-16(17)20-18(21)11-15(19)10-14-9-12-6-7-13(14)8-12/h2-5,12-15H,6-11,19H2,1H3. The summed E-state index contributed by atoms with van der Waals surface area (Å²) in [7, 11) is 2.11. The predicted molar refractivity (Wildman–Crippen MR) is 85.9 cm³/mol. The molecule has 0 spiro atoms. The van der Waals surface area contributed by atoms with Crippen molar-refractivity contribution >= 4 is 11.0 Å². The number of benzene rings is 1. The summed E-state index contributed by atoms with van der Waals surface area (Å²) in [6.07, 6.45) is 7.92. The molecule has 2 aromatic rings. The Morgan fingerprint density at radius 1 is 1.29 bits per heavy atom. The lowest BCUT2D eigenvalue weighted by Gasteiger charge is -2.24. The summed E-state index contributed by atoms with van der Waals surface area (Å²) in [6.45, 7) is 0. The third-order valence-corrected chi connectivity index (χ3v) is 5.81. The fourth-order valence-corrected chi connectivity index (χ4v) is 4.75. The molecule has 0 saturated heterocycles. The highest BCUT2D eigenvalue weighted by atomic mass is 15.1. The summed E-state index contributed by atoms with van der Waals surface area (Å²) in [6, 6.07) is 8.59. The minimum absolute atomic E-state index is 0.255. The maximum atomic E-state index is 6.45. The first-order valence-electron chi connectivity index (χ1n) is 8.36. The molecule has 2 aliphatic rings. The molecule has 0 aliphatic heterocycles. The lowest BCUT2D eigenvalue weighted by molar-refractivity contribution is 0.293. The second kappa shape index (κ2) is 5.13. The van der Waals surface area contributed by atoms with Gasteiger partial charge in [-0.05, 0) is 55.6 Å². The molecule has 3 nitrogen and oxygen atoms in total. The van der Waals surface area contributed by atoms with Crippen LogP contribution in [0, 0.1) is 17.8 Å². The van der Waals surface area contributed by atoms with Crippen LogP contribution in [0.5, 0.6) is 0 Å². The predicted octanol–water partition coefficient (Wildman–Crippen LogP) is 3.27. The molecule has 4 unspecified atom stereocenters. The summed E-state index contributed by atoms with van der Waals surface area (Å²) in [5.41, 5.74) is 8.75. The first-order chi connectivity index (χ1) is 10.2.